The van der Waals surface area contributed by atoms with Gasteiger partial charge in [0, 0.05) is 45.6 Å². The minimum absolute atomic E-state index is 0.200. The maximum absolute atomic E-state index is 13.2. The molecule has 5 rings (SSSR count). The van der Waals surface area contributed by atoms with Crippen LogP contribution in [0.5, 0.6) is 0 Å². The highest BCUT2D eigenvalue weighted by Crippen LogP contribution is 2.46. The number of oxime groups is 1. The molecule has 1 aromatic heterocycles. The molecule has 0 bridgehead atoms. The van der Waals surface area contributed by atoms with Crippen LogP contribution in [0.4, 0.5) is 0 Å². The first-order valence-electron chi connectivity index (χ1n) is 12.9. The molecule has 1 saturated carbocycles. The molecule has 0 spiro atoms. The lowest BCUT2D eigenvalue weighted by molar-refractivity contribution is -0.133. The molecule has 36 heavy (non-hydrogen) atoms. The molecule has 3 aliphatic rings. The summed E-state index contributed by atoms with van der Waals surface area (Å²) in [5.74, 6) is 1.39. The van der Waals surface area contributed by atoms with E-state index in [1.165, 1.54) is 22.4 Å². The molecule has 8 heteroatoms. The van der Waals surface area contributed by atoms with Crippen LogP contribution in [0, 0.1) is 11.8 Å². The van der Waals surface area contributed by atoms with Crippen molar-refractivity contribution < 1.29 is 9.63 Å². The number of nitrogens with zero attached hydrogens (tertiary/aromatic N) is 3. The van der Waals surface area contributed by atoms with E-state index in [0.29, 0.717) is 24.2 Å². The molecular weight excluding hydrogens is 606 g/mol. The fourth-order valence-corrected chi connectivity index (χ4v) is 7.82. The Labute approximate surface area is 235 Å². The van der Waals surface area contributed by atoms with Crippen molar-refractivity contribution in [3.63, 3.8) is 0 Å². The highest BCUT2D eigenvalue weighted by Gasteiger charge is 2.36. The Morgan fingerprint density at radius 1 is 1.08 bits per heavy atom. The standard InChI is InChI=1S/C28H32Br2ClN3O2/c1-36-33-23-6-2-17(3-7-23)12-25(35)34-10-8-18(9-11-34)27-26-19(14-22(31)15-24(26)30)4-5-20-13-21(29)16-32-28(20)27/h13-18,27H,2-12H2,1H3. The van der Waals surface area contributed by atoms with E-state index in [2.05, 4.69) is 54.0 Å². The first kappa shape index (κ1) is 26.2. The van der Waals surface area contributed by atoms with Gasteiger partial charge < -0.3 is 9.74 Å². The normalized spacial score (nSPS) is 22.4. The predicted octanol–water partition coefficient (Wildman–Crippen LogP) is 7.31. The number of halogens is 3. The third kappa shape index (κ3) is 5.68. The van der Waals surface area contributed by atoms with Crippen LogP contribution in [-0.2, 0) is 22.5 Å². The monoisotopic (exact) mass is 635 g/mol. The molecule has 192 valence electrons. The third-order valence-corrected chi connectivity index (χ3v) is 9.46. The molecule has 5 nitrogen and oxygen atoms in total. The topological polar surface area (TPSA) is 54.8 Å². The van der Waals surface area contributed by atoms with Gasteiger partial charge in [-0.3, -0.25) is 9.78 Å². The second kappa shape index (κ2) is 11.5. The third-order valence-electron chi connectivity index (χ3n) is 8.15. The lowest BCUT2D eigenvalue weighted by Crippen LogP contribution is -2.41. The van der Waals surface area contributed by atoms with Crippen LogP contribution in [0.15, 0.2) is 38.5 Å². The van der Waals surface area contributed by atoms with Gasteiger partial charge in [-0.15, -0.1) is 0 Å². The lowest BCUT2D eigenvalue weighted by atomic mass is 9.76. The van der Waals surface area contributed by atoms with E-state index in [4.69, 9.17) is 21.4 Å². The molecule has 1 amide bonds. The summed E-state index contributed by atoms with van der Waals surface area (Å²) in [7, 11) is 1.60. The minimum Gasteiger partial charge on any atom is -0.399 e. The summed E-state index contributed by atoms with van der Waals surface area (Å²) in [5, 5.41) is 4.86. The minimum atomic E-state index is 0.200. The second-order valence-electron chi connectivity index (χ2n) is 10.3. The van der Waals surface area contributed by atoms with Gasteiger partial charge in [0.05, 0.1) is 11.4 Å². The van der Waals surface area contributed by atoms with Crippen LogP contribution >= 0.6 is 43.5 Å². The highest BCUT2D eigenvalue weighted by molar-refractivity contribution is 9.10. The Kier molecular flexibility index (Phi) is 8.38. The first-order chi connectivity index (χ1) is 17.4. The number of fused-ring (bicyclic) bond motifs is 2. The summed E-state index contributed by atoms with van der Waals surface area (Å²) in [6.07, 6.45) is 10.4. The van der Waals surface area contributed by atoms with Gasteiger partial charge in [-0.2, -0.15) is 0 Å². The average Bonchev–Trinajstić information content (AvgIpc) is 3.02. The van der Waals surface area contributed by atoms with Gasteiger partial charge in [0.2, 0.25) is 5.91 Å². The fraction of sp³-hybridized carbons (Fsp3) is 0.536. The van der Waals surface area contributed by atoms with Crippen LogP contribution in [-0.4, -0.2) is 41.7 Å². The fourth-order valence-electron chi connectivity index (χ4n) is 6.32. The molecule has 1 atom stereocenters. The summed E-state index contributed by atoms with van der Waals surface area (Å²) in [4.78, 5) is 25.1. The van der Waals surface area contributed by atoms with Crippen LogP contribution in [0.1, 0.15) is 73.2 Å². The maximum atomic E-state index is 13.2. The number of likely N-dealkylation sites (tertiary alicyclic amines) is 1. The van der Waals surface area contributed by atoms with E-state index in [1.54, 1.807) is 7.11 Å². The van der Waals surface area contributed by atoms with Gasteiger partial charge in [-0.25, -0.2) is 0 Å². The molecular formula is C28H32Br2ClN3O2. The van der Waals surface area contributed by atoms with E-state index < -0.39 is 0 Å². The number of carbonyl (C=O) groups excluding carboxylic acids is 1. The van der Waals surface area contributed by atoms with Crippen LogP contribution < -0.4 is 0 Å². The summed E-state index contributed by atoms with van der Waals surface area (Å²) >= 11 is 13.9. The lowest BCUT2D eigenvalue weighted by Gasteiger charge is -2.37. The Morgan fingerprint density at radius 2 is 1.81 bits per heavy atom. The van der Waals surface area contributed by atoms with Gasteiger partial charge >= 0.3 is 0 Å². The number of carbonyl (C=O) groups is 1. The summed E-state index contributed by atoms with van der Waals surface area (Å²) in [6.45, 7) is 1.63. The summed E-state index contributed by atoms with van der Waals surface area (Å²) in [5.41, 5.74) is 6.24. The maximum Gasteiger partial charge on any atom is 0.222 e. The zero-order valence-electron chi connectivity index (χ0n) is 20.6. The number of rotatable bonds is 4. The van der Waals surface area contributed by atoms with Crippen molar-refractivity contribution in [2.75, 3.05) is 20.2 Å². The average molecular weight is 638 g/mol. The van der Waals surface area contributed by atoms with Gasteiger partial charge in [-0.05, 0) is 114 Å². The van der Waals surface area contributed by atoms with Gasteiger partial charge in [0.1, 0.15) is 7.11 Å². The molecule has 2 aromatic rings. The number of amides is 1. The van der Waals surface area contributed by atoms with Crippen molar-refractivity contribution in [1.82, 2.24) is 9.88 Å². The van der Waals surface area contributed by atoms with Crippen molar-refractivity contribution in [3.8, 4) is 0 Å². The number of pyridine rings is 1. The zero-order valence-corrected chi connectivity index (χ0v) is 24.5. The van der Waals surface area contributed by atoms with Crippen LogP contribution in [0.25, 0.3) is 0 Å². The van der Waals surface area contributed by atoms with Gasteiger partial charge in [-0.1, -0.05) is 32.7 Å². The quantitative estimate of drug-likeness (QED) is 0.331. The number of aryl methyl sites for hydroxylation is 2. The Balaban J connectivity index is 1.31. The number of hydrogen-bond donors (Lipinski definition) is 0. The SMILES string of the molecule is CON=C1CCC(CC(=O)N2CCC(C3c4ncc(Br)cc4CCc4cc(Cl)cc(Br)c43)CC2)CC1. The molecule has 1 unspecified atom stereocenters. The number of hydrogen-bond acceptors (Lipinski definition) is 4. The summed E-state index contributed by atoms with van der Waals surface area (Å²) < 4.78 is 2.09. The van der Waals surface area contributed by atoms with E-state index in [0.717, 1.165) is 84.1 Å². The van der Waals surface area contributed by atoms with Crippen molar-refractivity contribution in [1.29, 1.82) is 0 Å². The van der Waals surface area contributed by atoms with Gasteiger partial charge in [0.15, 0.2) is 0 Å². The number of aromatic nitrogens is 1. The Morgan fingerprint density at radius 3 is 2.53 bits per heavy atom. The van der Waals surface area contributed by atoms with Gasteiger partial charge in [0.25, 0.3) is 0 Å². The molecule has 2 fully saturated rings. The van der Waals surface area contributed by atoms with Crippen molar-refractivity contribution in [2.24, 2.45) is 17.0 Å². The number of benzene rings is 1. The molecule has 0 N–H and O–H groups in total. The van der Waals surface area contributed by atoms with E-state index in [1.807, 2.05) is 12.3 Å². The van der Waals surface area contributed by atoms with E-state index in [-0.39, 0.29) is 5.92 Å². The summed E-state index contributed by atoms with van der Waals surface area (Å²) in [6, 6.07) is 6.37. The molecule has 1 aliphatic heterocycles. The Hall–Kier alpha value is -1.44. The number of piperidine rings is 1. The van der Waals surface area contributed by atoms with E-state index >= 15 is 0 Å². The predicted molar refractivity (Wildman–Crippen MR) is 151 cm³/mol. The molecule has 0 radical (unpaired) electrons. The van der Waals surface area contributed by atoms with E-state index in [9.17, 15) is 4.79 Å². The van der Waals surface area contributed by atoms with Crippen molar-refractivity contribution >= 4 is 55.1 Å². The van der Waals surface area contributed by atoms with Crippen molar-refractivity contribution in [3.05, 3.63) is 60.7 Å². The molecule has 1 saturated heterocycles. The van der Waals surface area contributed by atoms with Crippen LogP contribution in [0.2, 0.25) is 5.02 Å². The second-order valence-corrected chi connectivity index (χ2v) is 12.5. The largest absolute Gasteiger partial charge is 0.399 e. The first-order valence-corrected chi connectivity index (χ1v) is 14.9. The Bertz CT molecular complexity index is 1150. The highest BCUT2D eigenvalue weighted by atomic mass is 79.9. The van der Waals surface area contributed by atoms with Crippen molar-refractivity contribution in [2.45, 2.75) is 63.7 Å². The van der Waals surface area contributed by atoms with Crippen LogP contribution in [0.3, 0.4) is 0 Å². The molecule has 2 aliphatic carbocycles. The molecule has 1 aromatic carbocycles. The molecule has 2 heterocycles. The zero-order chi connectivity index (χ0) is 25.2. The smallest absolute Gasteiger partial charge is 0.222 e.